The molecular formula is C12H19N5. The van der Waals surface area contributed by atoms with Gasteiger partial charge in [-0.3, -0.25) is 0 Å². The third kappa shape index (κ3) is 2.83. The van der Waals surface area contributed by atoms with Gasteiger partial charge in [0.1, 0.15) is 12.2 Å². The lowest BCUT2D eigenvalue weighted by molar-refractivity contribution is 0.308. The molecule has 0 aliphatic heterocycles. The topological polar surface area (TPSA) is 66.5 Å². The smallest absolute Gasteiger partial charge is 0.146 e. The van der Waals surface area contributed by atoms with Gasteiger partial charge in [-0.1, -0.05) is 12.8 Å². The highest BCUT2D eigenvalue weighted by Gasteiger charge is 2.24. The Labute approximate surface area is 102 Å². The summed E-state index contributed by atoms with van der Waals surface area (Å²) in [6.45, 7) is 3.67. The first-order valence-corrected chi connectivity index (χ1v) is 6.34. The Hall–Kier alpha value is -1.41. The number of nitrogens with zero attached hydrogens (tertiary/aromatic N) is 4. The summed E-state index contributed by atoms with van der Waals surface area (Å²) >= 11 is 0. The van der Waals surface area contributed by atoms with Crippen molar-refractivity contribution in [3.05, 3.63) is 12.2 Å². The minimum absolute atomic E-state index is 0.154. The van der Waals surface area contributed by atoms with Gasteiger partial charge in [0.25, 0.3) is 0 Å². The van der Waals surface area contributed by atoms with Gasteiger partial charge in [0.15, 0.2) is 0 Å². The lowest BCUT2D eigenvalue weighted by atomic mass is 9.85. The molecule has 1 saturated carbocycles. The third-order valence-electron chi connectivity index (χ3n) is 3.49. The van der Waals surface area contributed by atoms with Crippen molar-refractivity contribution in [2.45, 2.75) is 51.7 Å². The number of hydrogen-bond donors (Lipinski definition) is 1. The summed E-state index contributed by atoms with van der Waals surface area (Å²) in [5, 5.41) is 20.5. The molecule has 0 bridgehead atoms. The van der Waals surface area contributed by atoms with Crippen LogP contribution >= 0.6 is 0 Å². The van der Waals surface area contributed by atoms with Crippen molar-refractivity contribution in [3.63, 3.8) is 0 Å². The maximum absolute atomic E-state index is 9.10. The van der Waals surface area contributed by atoms with Crippen LogP contribution in [0.3, 0.4) is 0 Å². The first-order chi connectivity index (χ1) is 8.35. The highest BCUT2D eigenvalue weighted by atomic mass is 15.3. The van der Waals surface area contributed by atoms with Gasteiger partial charge in [-0.25, -0.2) is 0 Å². The Kier molecular flexibility index (Phi) is 4.10. The number of aryl methyl sites for hydroxylation is 1. The summed E-state index contributed by atoms with van der Waals surface area (Å²) in [6, 6.07) is 2.72. The summed E-state index contributed by atoms with van der Waals surface area (Å²) in [7, 11) is 0. The lowest BCUT2D eigenvalue weighted by Crippen LogP contribution is -2.38. The SMILES string of the molecule is CCn1cnnc1CNC1CCCCC1C#N. The molecule has 2 atom stereocenters. The van der Waals surface area contributed by atoms with Gasteiger partial charge < -0.3 is 9.88 Å². The van der Waals surface area contributed by atoms with Gasteiger partial charge in [-0.05, 0) is 19.8 Å². The van der Waals surface area contributed by atoms with Crippen molar-refractivity contribution >= 4 is 0 Å². The number of nitriles is 1. The quantitative estimate of drug-likeness (QED) is 0.855. The van der Waals surface area contributed by atoms with Crippen LogP contribution in [0.25, 0.3) is 0 Å². The van der Waals surface area contributed by atoms with E-state index in [4.69, 9.17) is 5.26 Å². The highest BCUT2D eigenvalue weighted by molar-refractivity contribution is 4.96. The number of rotatable bonds is 4. The first-order valence-electron chi connectivity index (χ1n) is 6.34. The van der Waals surface area contributed by atoms with Gasteiger partial charge in [0.2, 0.25) is 0 Å². The van der Waals surface area contributed by atoms with Crippen LogP contribution in [0.1, 0.15) is 38.4 Å². The van der Waals surface area contributed by atoms with Crippen molar-refractivity contribution in [1.82, 2.24) is 20.1 Å². The van der Waals surface area contributed by atoms with Crippen LogP contribution in [0.4, 0.5) is 0 Å². The van der Waals surface area contributed by atoms with E-state index >= 15 is 0 Å². The zero-order valence-corrected chi connectivity index (χ0v) is 10.3. The van der Waals surface area contributed by atoms with Gasteiger partial charge in [-0.15, -0.1) is 10.2 Å². The van der Waals surface area contributed by atoms with E-state index in [1.165, 1.54) is 12.8 Å². The van der Waals surface area contributed by atoms with E-state index in [1.54, 1.807) is 6.33 Å². The second-order valence-corrected chi connectivity index (χ2v) is 4.54. The molecule has 1 fully saturated rings. The Balaban J connectivity index is 1.91. The molecule has 5 nitrogen and oxygen atoms in total. The van der Waals surface area contributed by atoms with Crippen molar-refractivity contribution < 1.29 is 0 Å². The molecule has 92 valence electrons. The molecule has 5 heteroatoms. The molecule has 0 aromatic carbocycles. The van der Waals surface area contributed by atoms with E-state index in [-0.39, 0.29) is 5.92 Å². The summed E-state index contributed by atoms with van der Waals surface area (Å²) in [5.74, 6) is 1.11. The van der Waals surface area contributed by atoms with Crippen molar-refractivity contribution in [2.24, 2.45) is 5.92 Å². The van der Waals surface area contributed by atoms with Crippen LogP contribution in [0.15, 0.2) is 6.33 Å². The summed E-state index contributed by atoms with van der Waals surface area (Å²) in [4.78, 5) is 0. The van der Waals surface area contributed by atoms with Crippen molar-refractivity contribution in [2.75, 3.05) is 0 Å². The zero-order valence-electron chi connectivity index (χ0n) is 10.3. The van der Waals surface area contributed by atoms with Crippen LogP contribution in [-0.4, -0.2) is 20.8 Å². The molecule has 1 aromatic rings. The Morgan fingerprint density at radius 2 is 2.35 bits per heavy atom. The third-order valence-corrected chi connectivity index (χ3v) is 3.49. The monoisotopic (exact) mass is 233 g/mol. The molecule has 0 spiro atoms. The molecule has 17 heavy (non-hydrogen) atoms. The average molecular weight is 233 g/mol. The molecule has 1 aliphatic rings. The van der Waals surface area contributed by atoms with E-state index in [1.807, 2.05) is 4.57 Å². The lowest BCUT2D eigenvalue weighted by Gasteiger charge is -2.27. The molecule has 0 radical (unpaired) electrons. The van der Waals surface area contributed by atoms with Crippen LogP contribution in [-0.2, 0) is 13.1 Å². The van der Waals surface area contributed by atoms with E-state index < -0.39 is 0 Å². The fraction of sp³-hybridized carbons (Fsp3) is 0.750. The normalized spacial score (nSPS) is 24.5. The summed E-state index contributed by atoms with van der Waals surface area (Å²) in [5.41, 5.74) is 0. The molecule has 1 N–H and O–H groups in total. The Bertz CT molecular complexity index is 392. The minimum atomic E-state index is 0.154. The fourth-order valence-electron chi connectivity index (χ4n) is 2.43. The largest absolute Gasteiger partial charge is 0.317 e. The molecule has 2 unspecified atom stereocenters. The van der Waals surface area contributed by atoms with E-state index in [0.717, 1.165) is 25.2 Å². The maximum atomic E-state index is 9.10. The standard InChI is InChI=1S/C12H19N5/c1-2-17-9-15-16-12(17)8-14-11-6-4-3-5-10(11)7-13/h9-11,14H,2-6,8H2,1H3. The zero-order chi connectivity index (χ0) is 12.1. The second-order valence-electron chi connectivity index (χ2n) is 4.54. The van der Waals surface area contributed by atoms with Crippen molar-refractivity contribution in [1.29, 1.82) is 5.26 Å². The van der Waals surface area contributed by atoms with Crippen LogP contribution in [0.2, 0.25) is 0 Å². The molecule has 1 aliphatic carbocycles. The predicted octanol–water partition coefficient (Wildman–Crippen LogP) is 1.47. The maximum Gasteiger partial charge on any atom is 0.146 e. The highest BCUT2D eigenvalue weighted by Crippen LogP contribution is 2.23. The Morgan fingerprint density at radius 3 is 3.12 bits per heavy atom. The van der Waals surface area contributed by atoms with Gasteiger partial charge in [0, 0.05) is 12.6 Å². The van der Waals surface area contributed by atoms with E-state index in [9.17, 15) is 0 Å². The Morgan fingerprint density at radius 1 is 1.53 bits per heavy atom. The number of aromatic nitrogens is 3. The molecule has 0 saturated heterocycles. The van der Waals surface area contributed by atoms with Crippen LogP contribution < -0.4 is 5.32 Å². The average Bonchev–Trinajstić information content (AvgIpc) is 2.84. The summed E-state index contributed by atoms with van der Waals surface area (Å²) in [6.07, 6.45) is 6.27. The molecule has 1 aromatic heterocycles. The van der Waals surface area contributed by atoms with Crippen LogP contribution in [0, 0.1) is 17.2 Å². The molecule has 1 heterocycles. The van der Waals surface area contributed by atoms with Gasteiger partial charge in [-0.2, -0.15) is 5.26 Å². The molecular weight excluding hydrogens is 214 g/mol. The molecule has 2 rings (SSSR count). The van der Waals surface area contributed by atoms with Gasteiger partial charge in [0.05, 0.1) is 18.5 Å². The number of hydrogen-bond acceptors (Lipinski definition) is 4. The van der Waals surface area contributed by atoms with Gasteiger partial charge >= 0.3 is 0 Å². The van der Waals surface area contributed by atoms with E-state index in [2.05, 4.69) is 28.5 Å². The fourth-order valence-corrected chi connectivity index (χ4v) is 2.43. The van der Waals surface area contributed by atoms with E-state index in [0.29, 0.717) is 12.6 Å². The van der Waals surface area contributed by atoms with Crippen molar-refractivity contribution in [3.8, 4) is 6.07 Å². The minimum Gasteiger partial charge on any atom is -0.317 e. The predicted molar refractivity (Wildman–Crippen MR) is 63.9 cm³/mol. The first kappa shape index (κ1) is 12.1. The second kappa shape index (κ2) is 5.78. The number of nitrogens with one attached hydrogen (secondary N) is 1. The molecule has 0 amide bonds. The van der Waals surface area contributed by atoms with Crippen LogP contribution in [0.5, 0.6) is 0 Å². The summed E-state index contributed by atoms with van der Waals surface area (Å²) < 4.78 is 2.03.